The van der Waals surface area contributed by atoms with E-state index in [9.17, 15) is 10.1 Å². The molecule has 0 aliphatic heterocycles. The molecule has 4 rings (SSSR count). The highest BCUT2D eigenvalue weighted by Crippen LogP contribution is 2.27. The van der Waals surface area contributed by atoms with Gasteiger partial charge in [0.15, 0.2) is 0 Å². The molecule has 0 heterocycles. The Bertz CT molecular complexity index is 1230. The first-order chi connectivity index (χ1) is 15.1. The predicted molar refractivity (Wildman–Crippen MR) is 124 cm³/mol. The van der Waals surface area contributed by atoms with Gasteiger partial charge < -0.3 is 10.1 Å². The molecule has 0 atom stereocenters. The van der Waals surface area contributed by atoms with Crippen LogP contribution in [0.4, 0.5) is 17.1 Å². The van der Waals surface area contributed by atoms with Gasteiger partial charge in [-0.05, 0) is 54.8 Å². The molecule has 6 heteroatoms. The zero-order valence-electron chi connectivity index (χ0n) is 17.0. The van der Waals surface area contributed by atoms with Gasteiger partial charge in [0.1, 0.15) is 11.6 Å². The molecule has 4 aromatic rings. The Morgan fingerprint density at radius 3 is 2.35 bits per heavy atom. The minimum Gasteiger partial charge on any atom is -0.494 e. The van der Waals surface area contributed by atoms with Gasteiger partial charge in [0.2, 0.25) is 0 Å². The van der Waals surface area contributed by atoms with Crippen LogP contribution in [0.25, 0.3) is 10.8 Å². The first kappa shape index (κ1) is 20.1. The third-order valence-electron chi connectivity index (χ3n) is 4.78. The SMILES string of the molecule is CCOc1ccc(NC(=Nc2cccc3ccccc23)c2ccc([N+](=O)[O-])cc2)cc1. The van der Waals surface area contributed by atoms with E-state index in [1.807, 2.05) is 73.7 Å². The van der Waals surface area contributed by atoms with Crippen LogP contribution in [0.5, 0.6) is 5.75 Å². The molecular weight excluding hydrogens is 390 g/mol. The van der Waals surface area contributed by atoms with E-state index in [0.29, 0.717) is 12.4 Å². The molecule has 0 radical (unpaired) electrons. The van der Waals surface area contributed by atoms with Gasteiger partial charge in [-0.1, -0.05) is 36.4 Å². The lowest BCUT2D eigenvalue weighted by molar-refractivity contribution is -0.384. The van der Waals surface area contributed by atoms with Crippen molar-refractivity contribution in [2.75, 3.05) is 11.9 Å². The lowest BCUT2D eigenvalue weighted by Crippen LogP contribution is -2.13. The molecule has 0 amide bonds. The smallest absolute Gasteiger partial charge is 0.269 e. The number of hydrogen-bond acceptors (Lipinski definition) is 4. The van der Waals surface area contributed by atoms with E-state index in [1.165, 1.54) is 12.1 Å². The van der Waals surface area contributed by atoms with Gasteiger partial charge in [0.05, 0.1) is 17.2 Å². The van der Waals surface area contributed by atoms with E-state index >= 15 is 0 Å². The summed E-state index contributed by atoms with van der Waals surface area (Å²) in [7, 11) is 0. The van der Waals surface area contributed by atoms with E-state index in [-0.39, 0.29) is 5.69 Å². The van der Waals surface area contributed by atoms with Gasteiger partial charge in [-0.15, -0.1) is 0 Å². The number of nitro groups is 1. The average molecular weight is 411 g/mol. The number of hydrogen-bond donors (Lipinski definition) is 1. The van der Waals surface area contributed by atoms with Gasteiger partial charge in [-0.25, -0.2) is 4.99 Å². The molecule has 31 heavy (non-hydrogen) atoms. The van der Waals surface area contributed by atoms with Crippen LogP contribution in [-0.4, -0.2) is 17.4 Å². The Morgan fingerprint density at radius 1 is 0.935 bits per heavy atom. The Morgan fingerprint density at radius 2 is 1.65 bits per heavy atom. The average Bonchev–Trinajstić information content (AvgIpc) is 2.80. The fourth-order valence-corrected chi connectivity index (χ4v) is 3.27. The molecule has 0 aliphatic rings. The lowest BCUT2D eigenvalue weighted by atomic mass is 10.1. The third kappa shape index (κ3) is 4.70. The van der Waals surface area contributed by atoms with Gasteiger partial charge in [0.25, 0.3) is 5.69 Å². The van der Waals surface area contributed by atoms with Crippen LogP contribution >= 0.6 is 0 Å². The van der Waals surface area contributed by atoms with E-state index in [4.69, 9.17) is 9.73 Å². The minimum atomic E-state index is -0.412. The number of fused-ring (bicyclic) bond motifs is 1. The Labute approximate surface area is 180 Å². The first-order valence-corrected chi connectivity index (χ1v) is 9.95. The maximum absolute atomic E-state index is 11.0. The van der Waals surface area contributed by atoms with Crippen LogP contribution in [-0.2, 0) is 0 Å². The number of aliphatic imine (C=N–C) groups is 1. The van der Waals surface area contributed by atoms with E-state index in [2.05, 4.69) is 5.32 Å². The van der Waals surface area contributed by atoms with Gasteiger partial charge >= 0.3 is 0 Å². The van der Waals surface area contributed by atoms with Crippen molar-refractivity contribution in [1.29, 1.82) is 0 Å². The maximum Gasteiger partial charge on any atom is 0.269 e. The highest BCUT2D eigenvalue weighted by atomic mass is 16.6. The summed E-state index contributed by atoms with van der Waals surface area (Å²) in [6.07, 6.45) is 0. The van der Waals surface area contributed by atoms with Gasteiger partial charge in [0, 0.05) is 28.8 Å². The number of nitro benzene ring substituents is 1. The summed E-state index contributed by atoms with van der Waals surface area (Å²) in [6, 6.07) is 27.9. The number of nitrogens with zero attached hydrogens (tertiary/aromatic N) is 2. The van der Waals surface area contributed by atoms with Crippen molar-refractivity contribution < 1.29 is 9.66 Å². The number of rotatable bonds is 6. The van der Waals surface area contributed by atoms with E-state index in [1.54, 1.807) is 12.1 Å². The molecule has 0 saturated carbocycles. The molecule has 0 aliphatic carbocycles. The molecule has 0 aromatic heterocycles. The first-order valence-electron chi connectivity index (χ1n) is 9.95. The highest BCUT2D eigenvalue weighted by Gasteiger charge is 2.10. The fourth-order valence-electron chi connectivity index (χ4n) is 3.27. The Hall–Kier alpha value is -4.19. The zero-order chi connectivity index (χ0) is 21.6. The maximum atomic E-state index is 11.0. The van der Waals surface area contributed by atoms with Gasteiger partial charge in [-0.3, -0.25) is 10.1 Å². The molecule has 154 valence electrons. The third-order valence-corrected chi connectivity index (χ3v) is 4.78. The van der Waals surface area contributed by atoms with Crippen LogP contribution in [0.1, 0.15) is 12.5 Å². The Kier molecular flexibility index (Phi) is 5.89. The topological polar surface area (TPSA) is 76.8 Å². The van der Waals surface area contributed by atoms with Crippen molar-refractivity contribution in [3.63, 3.8) is 0 Å². The van der Waals surface area contributed by atoms with E-state index < -0.39 is 4.92 Å². The van der Waals surface area contributed by atoms with E-state index in [0.717, 1.165) is 33.5 Å². The molecule has 4 aromatic carbocycles. The number of benzene rings is 4. The molecule has 0 bridgehead atoms. The normalized spacial score (nSPS) is 11.3. The lowest BCUT2D eigenvalue weighted by Gasteiger charge is -2.12. The number of non-ortho nitro benzene ring substituents is 1. The number of nitrogens with one attached hydrogen (secondary N) is 1. The van der Waals surface area contributed by atoms with Crippen molar-refractivity contribution in [2.24, 2.45) is 4.99 Å². The molecule has 0 unspecified atom stereocenters. The number of amidine groups is 1. The van der Waals surface area contributed by atoms with Crippen molar-refractivity contribution in [3.05, 3.63) is 107 Å². The van der Waals surface area contributed by atoms with Crippen LogP contribution in [0.2, 0.25) is 0 Å². The second kappa shape index (κ2) is 9.09. The molecule has 0 fully saturated rings. The van der Waals surface area contributed by atoms with Crippen LogP contribution in [0.15, 0.2) is 96.0 Å². The summed E-state index contributed by atoms with van der Waals surface area (Å²) >= 11 is 0. The largest absolute Gasteiger partial charge is 0.494 e. The quantitative estimate of drug-likeness (QED) is 0.174. The highest BCUT2D eigenvalue weighted by molar-refractivity contribution is 6.11. The summed E-state index contributed by atoms with van der Waals surface area (Å²) in [5, 5.41) is 16.5. The molecule has 6 nitrogen and oxygen atoms in total. The molecule has 0 spiro atoms. The second-order valence-corrected chi connectivity index (χ2v) is 6.85. The van der Waals surface area contributed by atoms with Crippen LogP contribution < -0.4 is 10.1 Å². The molecular formula is C25H21N3O3. The minimum absolute atomic E-state index is 0.0364. The number of anilines is 1. The van der Waals surface area contributed by atoms with Crippen molar-refractivity contribution in [1.82, 2.24) is 0 Å². The standard InChI is InChI=1S/C25H21N3O3/c1-2-31-22-16-12-20(13-17-22)26-25(19-10-14-21(15-11-19)28(29)30)27-24-9-5-7-18-6-3-4-8-23(18)24/h3-17H,2H2,1H3,(H,26,27). The Balaban J connectivity index is 1.76. The summed E-state index contributed by atoms with van der Waals surface area (Å²) in [4.78, 5) is 15.5. The summed E-state index contributed by atoms with van der Waals surface area (Å²) < 4.78 is 5.51. The van der Waals surface area contributed by atoms with Gasteiger partial charge in [-0.2, -0.15) is 0 Å². The zero-order valence-corrected chi connectivity index (χ0v) is 17.0. The second-order valence-electron chi connectivity index (χ2n) is 6.85. The summed E-state index contributed by atoms with van der Waals surface area (Å²) in [5.74, 6) is 1.38. The molecule has 0 saturated heterocycles. The molecule has 1 N–H and O–H groups in total. The van der Waals surface area contributed by atoms with Crippen molar-refractivity contribution in [2.45, 2.75) is 6.92 Å². The number of ether oxygens (including phenoxy) is 1. The predicted octanol–water partition coefficient (Wildman–Crippen LogP) is 6.34. The fraction of sp³-hybridized carbons (Fsp3) is 0.0800. The van der Waals surface area contributed by atoms with Crippen molar-refractivity contribution >= 4 is 33.7 Å². The monoisotopic (exact) mass is 411 g/mol. The van der Waals surface area contributed by atoms with Crippen LogP contribution in [0, 0.1) is 10.1 Å². The summed E-state index contributed by atoms with van der Waals surface area (Å²) in [5.41, 5.74) is 2.42. The van der Waals surface area contributed by atoms with Crippen molar-refractivity contribution in [3.8, 4) is 5.75 Å². The summed E-state index contributed by atoms with van der Waals surface area (Å²) in [6.45, 7) is 2.54. The van der Waals surface area contributed by atoms with Crippen LogP contribution in [0.3, 0.4) is 0 Å².